The summed E-state index contributed by atoms with van der Waals surface area (Å²) in [5.41, 5.74) is 6.99. The van der Waals surface area contributed by atoms with E-state index in [0.717, 1.165) is 36.5 Å². The third-order valence-corrected chi connectivity index (χ3v) is 6.18. The van der Waals surface area contributed by atoms with Gasteiger partial charge < -0.3 is 16.2 Å². The third kappa shape index (κ3) is 5.21. The molecule has 0 heterocycles. The molecule has 158 valence electrons. The summed E-state index contributed by atoms with van der Waals surface area (Å²) in [5, 5.41) is 14.3. The van der Waals surface area contributed by atoms with Gasteiger partial charge in [-0.2, -0.15) is 0 Å². The van der Waals surface area contributed by atoms with Gasteiger partial charge in [-0.05, 0) is 65.8 Å². The highest BCUT2D eigenvalue weighted by atomic mass is 35.5. The van der Waals surface area contributed by atoms with Crippen LogP contribution in [-0.4, -0.2) is 23.0 Å². The van der Waals surface area contributed by atoms with Gasteiger partial charge in [0, 0.05) is 5.69 Å². The number of nitrogen functional groups attached to an aromatic ring is 1. The van der Waals surface area contributed by atoms with E-state index in [2.05, 4.69) is 26.1 Å². The lowest BCUT2D eigenvalue weighted by molar-refractivity contribution is -0.141. The minimum Gasteiger partial charge on any atom is -0.480 e. The van der Waals surface area contributed by atoms with E-state index in [1.165, 1.54) is 0 Å². The highest BCUT2D eigenvalue weighted by Gasteiger charge is 2.36. The van der Waals surface area contributed by atoms with Gasteiger partial charge in [0.25, 0.3) is 5.91 Å². The average Bonchev–Trinajstić information content (AvgIpc) is 2.64. The van der Waals surface area contributed by atoms with Crippen molar-refractivity contribution in [2.45, 2.75) is 52.5 Å². The maximum absolute atomic E-state index is 12.8. The van der Waals surface area contributed by atoms with Gasteiger partial charge in [-0.3, -0.25) is 4.79 Å². The van der Waals surface area contributed by atoms with Crippen LogP contribution in [0.4, 0.5) is 5.69 Å². The van der Waals surface area contributed by atoms with Crippen molar-refractivity contribution < 1.29 is 14.7 Å². The number of halogens is 1. The number of nitrogens with two attached hydrogens (primary N) is 1. The molecule has 5 nitrogen and oxygen atoms in total. The van der Waals surface area contributed by atoms with Crippen LogP contribution in [0.15, 0.2) is 36.4 Å². The summed E-state index contributed by atoms with van der Waals surface area (Å²) in [4.78, 5) is 24.7. The Kier molecular flexibility index (Phi) is 7.17. The molecule has 2 aromatic carbocycles. The van der Waals surface area contributed by atoms with Gasteiger partial charge in [-0.1, -0.05) is 45.0 Å². The predicted molar refractivity (Wildman–Crippen MR) is 119 cm³/mol. The standard InChI is InChI=1S/C23H30N2O3.ClH/c1-23(2,3)17-10-8-14(9-11-17)20(22(27)28)25-21(26)18-12-15-6-4-5-7-16(15)13-19(18)24;/h4-7,12-14,17,20H,8-11,24H2,1-3H3,(H,25,26)(H,27,28);1H/t14-,17-,20-;/m0./s1. The Morgan fingerprint density at radius 2 is 1.62 bits per heavy atom. The number of hydrogen-bond acceptors (Lipinski definition) is 3. The number of fused-ring (bicyclic) bond motifs is 1. The second-order valence-electron chi connectivity index (χ2n) is 9.05. The minimum absolute atomic E-state index is 0. The van der Waals surface area contributed by atoms with E-state index in [4.69, 9.17) is 5.73 Å². The van der Waals surface area contributed by atoms with Crippen LogP contribution in [0.5, 0.6) is 0 Å². The highest BCUT2D eigenvalue weighted by Crippen LogP contribution is 2.40. The number of aliphatic carboxylic acids is 1. The number of carboxylic acids is 1. The van der Waals surface area contributed by atoms with Crippen LogP contribution in [0.25, 0.3) is 10.8 Å². The zero-order valence-corrected chi connectivity index (χ0v) is 18.1. The molecule has 0 spiro atoms. The normalized spacial score (nSPS) is 20.5. The molecule has 0 saturated heterocycles. The molecule has 1 amide bonds. The Morgan fingerprint density at radius 3 is 2.14 bits per heavy atom. The molecule has 2 aromatic rings. The number of carbonyl (C=O) groups is 2. The molecule has 1 atom stereocenters. The predicted octanol–water partition coefficient (Wildman–Crippen LogP) is 4.88. The number of nitrogens with one attached hydrogen (secondary N) is 1. The molecule has 0 bridgehead atoms. The van der Waals surface area contributed by atoms with Crippen molar-refractivity contribution in [1.29, 1.82) is 0 Å². The highest BCUT2D eigenvalue weighted by molar-refractivity contribution is 6.05. The first kappa shape index (κ1) is 23.0. The maximum Gasteiger partial charge on any atom is 0.326 e. The fourth-order valence-corrected chi connectivity index (χ4v) is 4.37. The number of carboxylic acid groups (broad SMARTS) is 1. The summed E-state index contributed by atoms with van der Waals surface area (Å²) in [6.07, 6.45) is 3.61. The van der Waals surface area contributed by atoms with Gasteiger partial charge in [0.2, 0.25) is 0 Å². The SMILES string of the molecule is CC(C)(C)[C@H]1CC[C@H]([C@H](NC(=O)c2cc3ccccc3cc2N)C(=O)O)CC1.Cl. The summed E-state index contributed by atoms with van der Waals surface area (Å²) in [6, 6.07) is 10.3. The summed E-state index contributed by atoms with van der Waals surface area (Å²) < 4.78 is 0. The summed E-state index contributed by atoms with van der Waals surface area (Å²) in [5.74, 6) is -0.868. The van der Waals surface area contributed by atoms with E-state index in [0.29, 0.717) is 17.2 Å². The van der Waals surface area contributed by atoms with Crippen LogP contribution < -0.4 is 11.1 Å². The molecule has 1 saturated carbocycles. The Balaban J connectivity index is 0.00000300. The van der Waals surface area contributed by atoms with Crippen molar-refractivity contribution in [3.8, 4) is 0 Å². The maximum atomic E-state index is 12.8. The van der Waals surface area contributed by atoms with Crippen molar-refractivity contribution in [2.75, 3.05) is 5.73 Å². The fraction of sp³-hybridized carbons (Fsp3) is 0.478. The third-order valence-electron chi connectivity index (χ3n) is 6.18. The number of carbonyl (C=O) groups excluding carboxylic acids is 1. The molecule has 3 rings (SSSR count). The minimum atomic E-state index is -0.980. The smallest absolute Gasteiger partial charge is 0.326 e. The van der Waals surface area contributed by atoms with Gasteiger partial charge in [0.05, 0.1) is 5.56 Å². The lowest BCUT2D eigenvalue weighted by Gasteiger charge is -2.38. The summed E-state index contributed by atoms with van der Waals surface area (Å²) in [6.45, 7) is 6.70. The molecule has 1 fully saturated rings. The van der Waals surface area contributed by atoms with Crippen molar-refractivity contribution >= 4 is 40.7 Å². The van der Waals surface area contributed by atoms with Crippen LogP contribution in [0.3, 0.4) is 0 Å². The molecule has 6 heteroatoms. The van der Waals surface area contributed by atoms with Crippen molar-refractivity contribution in [3.05, 3.63) is 42.0 Å². The topological polar surface area (TPSA) is 92.4 Å². The quantitative estimate of drug-likeness (QED) is 0.617. The van der Waals surface area contributed by atoms with Crippen LogP contribution >= 0.6 is 12.4 Å². The van der Waals surface area contributed by atoms with E-state index in [-0.39, 0.29) is 23.7 Å². The number of rotatable bonds is 4. The molecule has 0 aliphatic heterocycles. The van der Waals surface area contributed by atoms with Crippen LogP contribution in [0.2, 0.25) is 0 Å². The molecule has 1 aliphatic rings. The zero-order chi connectivity index (χ0) is 20.5. The Hall–Kier alpha value is -2.27. The molecule has 1 aliphatic carbocycles. The van der Waals surface area contributed by atoms with Gasteiger partial charge >= 0.3 is 5.97 Å². The Bertz CT molecular complexity index is 883. The molecular formula is C23H31ClN2O3. The molecule has 0 radical (unpaired) electrons. The lowest BCUT2D eigenvalue weighted by atomic mass is 9.68. The molecule has 0 unspecified atom stereocenters. The summed E-state index contributed by atoms with van der Waals surface area (Å²) in [7, 11) is 0. The Labute approximate surface area is 178 Å². The van der Waals surface area contributed by atoms with Crippen molar-refractivity contribution in [1.82, 2.24) is 5.32 Å². The molecule has 4 N–H and O–H groups in total. The second-order valence-corrected chi connectivity index (χ2v) is 9.05. The zero-order valence-electron chi connectivity index (χ0n) is 17.3. The van der Waals surface area contributed by atoms with Gasteiger partial charge in [0.1, 0.15) is 6.04 Å². The largest absolute Gasteiger partial charge is 0.480 e. The molecule has 0 aromatic heterocycles. The average molecular weight is 419 g/mol. The van der Waals surface area contributed by atoms with Crippen LogP contribution in [0, 0.1) is 17.3 Å². The van der Waals surface area contributed by atoms with Crippen molar-refractivity contribution in [2.24, 2.45) is 17.3 Å². The number of anilines is 1. The van der Waals surface area contributed by atoms with Crippen LogP contribution in [0.1, 0.15) is 56.8 Å². The fourth-order valence-electron chi connectivity index (χ4n) is 4.37. The number of hydrogen-bond donors (Lipinski definition) is 3. The first-order valence-electron chi connectivity index (χ1n) is 9.98. The monoisotopic (exact) mass is 418 g/mol. The van der Waals surface area contributed by atoms with Gasteiger partial charge in [-0.15, -0.1) is 12.4 Å². The first-order chi connectivity index (χ1) is 13.2. The van der Waals surface area contributed by atoms with E-state index in [1.54, 1.807) is 12.1 Å². The van der Waals surface area contributed by atoms with Crippen molar-refractivity contribution in [3.63, 3.8) is 0 Å². The molecular weight excluding hydrogens is 388 g/mol. The van der Waals surface area contributed by atoms with E-state index in [1.807, 2.05) is 24.3 Å². The van der Waals surface area contributed by atoms with E-state index < -0.39 is 17.9 Å². The summed E-state index contributed by atoms with van der Waals surface area (Å²) >= 11 is 0. The number of amides is 1. The lowest BCUT2D eigenvalue weighted by Crippen LogP contribution is -2.47. The Morgan fingerprint density at radius 1 is 1.07 bits per heavy atom. The van der Waals surface area contributed by atoms with Gasteiger partial charge in [0.15, 0.2) is 0 Å². The molecule has 29 heavy (non-hydrogen) atoms. The van der Waals surface area contributed by atoms with E-state index >= 15 is 0 Å². The van der Waals surface area contributed by atoms with Crippen LogP contribution in [-0.2, 0) is 4.79 Å². The van der Waals surface area contributed by atoms with E-state index in [9.17, 15) is 14.7 Å². The second kappa shape index (κ2) is 9.04. The number of benzene rings is 2. The first-order valence-corrected chi connectivity index (χ1v) is 9.98. The van der Waals surface area contributed by atoms with Gasteiger partial charge in [-0.25, -0.2) is 4.79 Å².